The van der Waals surface area contributed by atoms with Gasteiger partial charge in [-0.3, -0.25) is 4.79 Å². The highest BCUT2D eigenvalue weighted by molar-refractivity contribution is 5.85. The first-order chi connectivity index (χ1) is 12.5. The third-order valence-electron chi connectivity index (χ3n) is 6.23. The Balaban J connectivity index is 1.35. The Morgan fingerprint density at radius 1 is 1.19 bits per heavy atom. The first kappa shape index (κ1) is 17.4. The molecule has 4 aliphatic rings. The molecule has 6 heteroatoms. The molecule has 0 aromatic heterocycles. The zero-order valence-electron chi connectivity index (χ0n) is 14.7. The Labute approximate surface area is 152 Å². The van der Waals surface area contributed by atoms with Crippen molar-refractivity contribution >= 4 is 12.1 Å². The summed E-state index contributed by atoms with van der Waals surface area (Å²) in [6, 6.07) is 6.38. The Morgan fingerprint density at radius 2 is 1.81 bits per heavy atom. The van der Waals surface area contributed by atoms with Gasteiger partial charge in [-0.15, -0.1) is 0 Å². The van der Waals surface area contributed by atoms with Gasteiger partial charge in [-0.1, -0.05) is 12.1 Å². The van der Waals surface area contributed by atoms with Gasteiger partial charge in [0.05, 0.1) is 6.21 Å². The highest BCUT2D eigenvalue weighted by atomic mass is 19.3. The highest BCUT2D eigenvalue weighted by Gasteiger charge is 2.51. The Bertz CT molecular complexity index is 670. The van der Waals surface area contributed by atoms with Crippen LogP contribution in [0.3, 0.4) is 0 Å². The first-order valence-corrected chi connectivity index (χ1v) is 9.37. The Morgan fingerprint density at radius 3 is 2.42 bits per heavy atom. The molecule has 4 saturated carbocycles. The summed E-state index contributed by atoms with van der Waals surface area (Å²) < 4.78 is 29.3. The van der Waals surface area contributed by atoms with Gasteiger partial charge in [-0.25, -0.2) is 5.43 Å². The molecule has 4 bridgehead atoms. The van der Waals surface area contributed by atoms with Gasteiger partial charge in [0.2, 0.25) is 5.91 Å². The summed E-state index contributed by atoms with van der Waals surface area (Å²) >= 11 is 0. The van der Waals surface area contributed by atoms with E-state index in [0.717, 1.165) is 17.8 Å². The molecule has 1 aromatic carbocycles. The number of alkyl halides is 2. The lowest BCUT2D eigenvalue weighted by Crippen LogP contribution is -2.47. The van der Waals surface area contributed by atoms with Gasteiger partial charge in [0.15, 0.2) is 0 Å². The van der Waals surface area contributed by atoms with Crippen LogP contribution in [0.2, 0.25) is 0 Å². The number of ether oxygens (including phenoxy) is 1. The number of hydrazone groups is 1. The molecule has 0 heterocycles. The number of rotatable bonds is 6. The predicted molar refractivity (Wildman–Crippen MR) is 94.0 cm³/mol. The zero-order chi connectivity index (χ0) is 18.1. The van der Waals surface area contributed by atoms with E-state index in [0.29, 0.717) is 12.0 Å². The quantitative estimate of drug-likeness (QED) is 0.604. The Hall–Kier alpha value is -1.98. The second kappa shape index (κ2) is 6.97. The Kier molecular flexibility index (Phi) is 4.67. The number of carbonyl (C=O) groups is 1. The second-order valence-electron chi connectivity index (χ2n) is 8.30. The van der Waals surface area contributed by atoms with Crippen LogP contribution in [-0.4, -0.2) is 18.7 Å². The number of benzene rings is 1. The molecule has 0 saturated heterocycles. The average molecular weight is 362 g/mol. The second-order valence-corrected chi connectivity index (χ2v) is 8.30. The lowest BCUT2D eigenvalue weighted by atomic mass is 9.49. The third-order valence-corrected chi connectivity index (χ3v) is 6.23. The minimum absolute atomic E-state index is 0.0431. The maximum atomic E-state index is 12.4. The van der Waals surface area contributed by atoms with Gasteiger partial charge in [0, 0.05) is 12.0 Å². The summed E-state index contributed by atoms with van der Waals surface area (Å²) in [7, 11) is 0. The fourth-order valence-corrected chi connectivity index (χ4v) is 5.85. The van der Waals surface area contributed by atoms with E-state index in [4.69, 9.17) is 0 Å². The number of hydrogen-bond donors (Lipinski definition) is 1. The van der Waals surface area contributed by atoms with E-state index in [1.165, 1.54) is 50.8 Å². The summed E-state index contributed by atoms with van der Waals surface area (Å²) in [6.45, 7) is -2.89. The first-order valence-electron chi connectivity index (χ1n) is 9.37. The van der Waals surface area contributed by atoms with E-state index >= 15 is 0 Å². The molecule has 4 aliphatic carbocycles. The van der Waals surface area contributed by atoms with Crippen molar-refractivity contribution in [1.29, 1.82) is 0 Å². The zero-order valence-corrected chi connectivity index (χ0v) is 14.7. The van der Waals surface area contributed by atoms with Crippen LogP contribution in [0.25, 0.3) is 0 Å². The molecule has 0 spiro atoms. The molecule has 5 rings (SSSR count). The number of nitrogens with zero attached hydrogens (tertiary/aromatic N) is 1. The third kappa shape index (κ3) is 3.74. The van der Waals surface area contributed by atoms with Crippen molar-refractivity contribution in [2.24, 2.45) is 28.3 Å². The van der Waals surface area contributed by atoms with E-state index in [2.05, 4.69) is 15.3 Å². The van der Waals surface area contributed by atoms with Crippen molar-refractivity contribution in [2.45, 2.75) is 51.6 Å². The SMILES string of the molecule is O=C(CC12CC3CC(CC(C3)C1)C2)N/N=C\c1ccccc1OC(F)F. The van der Waals surface area contributed by atoms with Crippen LogP contribution in [0, 0.1) is 23.2 Å². The summed E-state index contributed by atoms with van der Waals surface area (Å²) in [4.78, 5) is 12.4. The van der Waals surface area contributed by atoms with Gasteiger partial charge in [0.25, 0.3) is 0 Å². The van der Waals surface area contributed by atoms with Crippen molar-refractivity contribution in [2.75, 3.05) is 0 Å². The van der Waals surface area contributed by atoms with Crippen LogP contribution in [0.4, 0.5) is 8.78 Å². The topological polar surface area (TPSA) is 50.7 Å². The van der Waals surface area contributed by atoms with Crippen molar-refractivity contribution in [3.05, 3.63) is 29.8 Å². The molecule has 4 nitrogen and oxygen atoms in total. The molecule has 140 valence electrons. The normalized spacial score (nSPS) is 32.3. The fourth-order valence-electron chi connectivity index (χ4n) is 5.85. The van der Waals surface area contributed by atoms with Crippen molar-refractivity contribution in [3.8, 4) is 5.75 Å². The van der Waals surface area contributed by atoms with Crippen LogP contribution < -0.4 is 10.2 Å². The minimum Gasteiger partial charge on any atom is -0.434 e. The lowest BCUT2D eigenvalue weighted by Gasteiger charge is -2.56. The summed E-state index contributed by atoms with van der Waals surface area (Å²) in [5, 5.41) is 3.96. The number of carbonyl (C=O) groups excluding carboxylic acids is 1. The molecule has 0 radical (unpaired) electrons. The molecular formula is C20H24F2N2O2. The van der Waals surface area contributed by atoms with E-state index in [1.54, 1.807) is 18.2 Å². The maximum absolute atomic E-state index is 12.4. The monoisotopic (exact) mass is 362 g/mol. The number of para-hydroxylation sites is 1. The van der Waals surface area contributed by atoms with E-state index < -0.39 is 6.61 Å². The summed E-state index contributed by atoms with van der Waals surface area (Å²) in [5.41, 5.74) is 3.14. The largest absolute Gasteiger partial charge is 0.434 e. The van der Waals surface area contributed by atoms with Gasteiger partial charge in [0.1, 0.15) is 5.75 Å². The molecule has 0 aliphatic heterocycles. The van der Waals surface area contributed by atoms with Crippen LogP contribution in [0.15, 0.2) is 29.4 Å². The van der Waals surface area contributed by atoms with E-state index in [-0.39, 0.29) is 17.1 Å². The number of hydrogen-bond acceptors (Lipinski definition) is 3. The summed E-state index contributed by atoms with van der Waals surface area (Å²) in [6.07, 6.45) is 9.42. The van der Waals surface area contributed by atoms with Crippen molar-refractivity contribution in [3.63, 3.8) is 0 Å². The van der Waals surface area contributed by atoms with Gasteiger partial charge < -0.3 is 4.74 Å². The lowest BCUT2D eigenvalue weighted by molar-refractivity contribution is -0.129. The molecule has 4 fully saturated rings. The van der Waals surface area contributed by atoms with Gasteiger partial charge >= 0.3 is 6.61 Å². The van der Waals surface area contributed by atoms with Crippen LogP contribution in [0.1, 0.15) is 50.5 Å². The fraction of sp³-hybridized carbons (Fsp3) is 0.600. The maximum Gasteiger partial charge on any atom is 0.387 e. The number of halogens is 2. The molecule has 1 N–H and O–H groups in total. The smallest absolute Gasteiger partial charge is 0.387 e. The molecule has 1 amide bonds. The summed E-state index contributed by atoms with van der Waals surface area (Å²) in [5.74, 6) is 2.36. The molecule has 1 aromatic rings. The van der Waals surface area contributed by atoms with Crippen LogP contribution >= 0.6 is 0 Å². The van der Waals surface area contributed by atoms with Gasteiger partial charge in [-0.05, 0) is 73.8 Å². The van der Waals surface area contributed by atoms with Crippen molar-refractivity contribution < 1.29 is 18.3 Å². The number of amides is 1. The van der Waals surface area contributed by atoms with Crippen LogP contribution in [-0.2, 0) is 4.79 Å². The molecule has 26 heavy (non-hydrogen) atoms. The average Bonchev–Trinajstić information content (AvgIpc) is 2.54. The molecular weight excluding hydrogens is 338 g/mol. The highest BCUT2D eigenvalue weighted by Crippen LogP contribution is 2.61. The molecule has 0 unspecified atom stereocenters. The standard InChI is InChI=1S/C20H24F2N2O2/c21-19(22)26-17-4-2-1-3-16(17)12-23-24-18(25)11-20-8-13-5-14(9-20)7-15(6-13)10-20/h1-4,12-15,19H,5-11H2,(H,24,25)/b23-12-. The molecule has 0 atom stereocenters. The minimum atomic E-state index is -2.89. The van der Waals surface area contributed by atoms with Crippen LogP contribution in [0.5, 0.6) is 5.75 Å². The van der Waals surface area contributed by atoms with Gasteiger partial charge in [-0.2, -0.15) is 13.9 Å². The van der Waals surface area contributed by atoms with Crippen molar-refractivity contribution in [1.82, 2.24) is 5.43 Å². The number of nitrogens with one attached hydrogen (secondary N) is 1. The van der Waals surface area contributed by atoms with E-state index in [9.17, 15) is 13.6 Å². The predicted octanol–water partition coefficient (Wildman–Crippen LogP) is 4.34. The van der Waals surface area contributed by atoms with E-state index in [1.807, 2.05) is 0 Å².